The molecule has 6 heteroatoms. The molecule has 0 atom stereocenters. The predicted molar refractivity (Wildman–Crippen MR) is 65.8 cm³/mol. The minimum Gasteiger partial charge on any atom is -0.444 e. The number of aryl methyl sites for hydroxylation is 2. The fraction of sp³-hybridized carbons (Fsp3) is 0.250. The maximum atomic E-state index is 11.9. The van der Waals surface area contributed by atoms with Gasteiger partial charge in [-0.25, -0.2) is 4.98 Å². The predicted octanol–water partition coefficient (Wildman–Crippen LogP) is 1.20. The van der Waals surface area contributed by atoms with Crippen LogP contribution in [0.5, 0.6) is 0 Å². The van der Waals surface area contributed by atoms with Crippen LogP contribution in [-0.4, -0.2) is 15.9 Å². The third-order valence-corrected chi connectivity index (χ3v) is 2.42. The van der Waals surface area contributed by atoms with Gasteiger partial charge in [0.1, 0.15) is 5.76 Å². The number of anilines is 1. The number of nitrogens with two attached hydrogens (primary N) is 1. The Morgan fingerprint density at radius 3 is 2.83 bits per heavy atom. The van der Waals surface area contributed by atoms with Crippen LogP contribution in [-0.2, 0) is 6.54 Å². The Morgan fingerprint density at radius 1 is 1.39 bits per heavy atom. The average Bonchev–Trinajstić information content (AvgIpc) is 2.75. The lowest BCUT2D eigenvalue weighted by atomic mass is 10.2. The van der Waals surface area contributed by atoms with E-state index < -0.39 is 0 Å². The fourth-order valence-electron chi connectivity index (χ4n) is 1.51. The van der Waals surface area contributed by atoms with Gasteiger partial charge in [0.05, 0.1) is 35.9 Å². The minimum absolute atomic E-state index is 0.237. The van der Waals surface area contributed by atoms with E-state index in [1.807, 2.05) is 0 Å². The van der Waals surface area contributed by atoms with Gasteiger partial charge < -0.3 is 15.5 Å². The van der Waals surface area contributed by atoms with E-state index in [9.17, 15) is 4.79 Å². The van der Waals surface area contributed by atoms with Gasteiger partial charge in [-0.3, -0.25) is 9.78 Å². The number of oxazole rings is 1. The number of hydrogen-bond acceptors (Lipinski definition) is 5. The van der Waals surface area contributed by atoms with Crippen LogP contribution in [0.4, 0.5) is 5.69 Å². The molecule has 18 heavy (non-hydrogen) atoms. The van der Waals surface area contributed by atoms with Crippen molar-refractivity contribution in [2.45, 2.75) is 20.4 Å². The van der Waals surface area contributed by atoms with E-state index in [2.05, 4.69) is 15.3 Å². The summed E-state index contributed by atoms with van der Waals surface area (Å²) >= 11 is 0. The van der Waals surface area contributed by atoms with Crippen molar-refractivity contribution in [3.05, 3.63) is 41.4 Å². The van der Waals surface area contributed by atoms with Crippen LogP contribution in [0.3, 0.4) is 0 Å². The molecule has 0 unspecified atom stereocenters. The largest absolute Gasteiger partial charge is 0.444 e. The second-order valence-corrected chi connectivity index (χ2v) is 3.95. The number of nitrogens with zero attached hydrogens (tertiary/aromatic N) is 2. The Morgan fingerprint density at radius 2 is 2.17 bits per heavy atom. The third kappa shape index (κ3) is 2.65. The molecule has 0 fully saturated rings. The highest BCUT2D eigenvalue weighted by molar-refractivity contribution is 5.95. The highest BCUT2D eigenvalue weighted by Gasteiger charge is 2.11. The molecular formula is C12H14N4O2. The van der Waals surface area contributed by atoms with Crippen LogP contribution in [0.15, 0.2) is 22.9 Å². The Labute approximate surface area is 104 Å². The fourth-order valence-corrected chi connectivity index (χ4v) is 1.51. The lowest BCUT2D eigenvalue weighted by Gasteiger charge is -2.06. The first-order valence-corrected chi connectivity index (χ1v) is 5.48. The summed E-state index contributed by atoms with van der Waals surface area (Å²) in [6.45, 7) is 3.79. The Hall–Kier alpha value is -2.37. The number of hydrogen-bond donors (Lipinski definition) is 2. The number of rotatable bonds is 3. The summed E-state index contributed by atoms with van der Waals surface area (Å²) < 4.78 is 5.26. The SMILES string of the molecule is Cc1cnc(CNC(=O)c2cc(N)cnc2C)o1. The molecule has 0 aliphatic carbocycles. The number of amides is 1. The molecule has 0 saturated heterocycles. The van der Waals surface area contributed by atoms with E-state index in [1.54, 1.807) is 26.1 Å². The van der Waals surface area contributed by atoms with Gasteiger partial charge in [0, 0.05) is 0 Å². The molecule has 0 bridgehead atoms. The number of carbonyl (C=O) groups excluding carboxylic acids is 1. The van der Waals surface area contributed by atoms with E-state index in [4.69, 9.17) is 10.2 Å². The standard InChI is InChI=1S/C12H14N4O2/c1-7-4-15-11(18-7)6-16-12(17)10-3-9(13)5-14-8(10)2/h3-5H,6,13H2,1-2H3,(H,16,17). The van der Waals surface area contributed by atoms with Crippen molar-refractivity contribution in [3.8, 4) is 0 Å². The summed E-state index contributed by atoms with van der Waals surface area (Å²) in [4.78, 5) is 20.0. The number of pyridine rings is 1. The Bertz CT molecular complexity index is 577. The van der Waals surface area contributed by atoms with Gasteiger partial charge in [0.25, 0.3) is 5.91 Å². The van der Waals surface area contributed by atoms with Gasteiger partial charge in [-0.1, -0.05) is 0 Å². The maximum absolute atomic E-state index is 11.9. The number of nitrogens with one attached hydrogen (secondary N) is 1. The number of carbonyl (C=O) groups is 1. The van der Waals surface area contributed by atoms with Crippen molar-refractivity contribution >= 4 is 11.6 Å². The molecule has 0 radical (unpaired) electrons. The highest BCUT2D eigenvalue weighted by atomic mass is 16.4. The average molecular weight is 246 g/mol. The molecule has 1 amide bonds. The van der Waals surface area contributed by atoms with Crippen molar-refractivity contribution in [2.24, 2.45) is 0 Å². The second-order valence-electron chi connectivity index (χ2n) is 3.95. The molecule has 0 aromatic carbocycles. The topological polar surface area (TPSA) is 94.0 Å². The normalized spacial score (nSPS) is 10.3. The third-order valence-electron chi connectivity index (χ3n) is 2.42. The molecule has 0 saturated carbocycles. The van der Waals surface area contributed by atoms with Crippen LogP contribution in [0, 0.1) is 13.8 Å². The Kier molecular flexibility index (Phi) is 3.27. The molecule has 6 nitrogen and oxygen atoms in total. The summed E-state index contributed by atoms with van der Waals surface area (Å²) in [6.07, 6.45) is 3.12. The smallest absolute Gasteiger partial charge is 0.253 e. The first-order chi connectivity index (χ1) is 8.56. The summed E-state index contributed by atoms with van der Waals surface area (Å²) in [7, 11) is 0. The van der Waals surface area contributed by atoms with Crippen molar-refractivity contribution in [2.75, 3.05) is 5.73 Å². The van der Waals surface area contributed by atoms with Gasteiger partial charge in [0.2, 0.25) is 5.89 Å². The van der Waals surface area contributed by atoms with Crippen molar-refractivity contribution in [1.29, 1.82) is 0 Å². The van der Waals surface area contributed by atoms with E-state index in [0.717, 1.165) is 0 Å². The molecule has 2 heterocycles. The molecule has 0 aliphatic rings. The molecule has 3 N–H and O–H groups in total. The maximum Gasteiger partial charge on any atom is 0.253 e. The van der Waals surface area contributed by atoms with E-state index in [1.165, 1.54) is 6.20 Å². The number of aromatic nitrogens is 2. The minimum atomic E-state index is -0.247. The molecule has 0 spiro atoms. The van der Waals surface area contributed by atoms with E-state index in [0.29, 0.717) is 28.6 Å². The van der Waals surface area contributed by atoms with Gasteiger partial charge >= 0.3 is 0 Å². The van der Waals surface area contributed by atoms with Gasteiger partial charge in [-0.15, -0.1) is 0 Å². The van der Waals surface area contributed by atoms with Gasteiger partial charge in [-0.2, -0.15) is 0 Å². The van der Waals surface area contributed by atoms with Crippen LogP contribution in [0.25, 0.3) is 0 Å². The Balaban J connectivity index is 2.05. The van der Waals surface area contributed by atoms with Crippen LogP contribution >= 0.6 is 0 Å². The zero-order chi connectivity index (χ0) is 13.1. The van der Waals surface area contributed by atoms with Crippen molar-refractivity contribution in [3.63, 3.8) is 0 Å². The monoisotopic (exact) mass is 246 g/mol. The highest BCUT2D eigenvalue weighted by Crippen LogP contribution is 2.09. The van der Waals surface area contributed by atoms with Gasteiger partial charge in [-0.05, 0) is 19.9 Å². The summed E-state index contributed by atoms with van der Waals surface area (Å²) in [6, 6.07) is 1.60. The molecule has 94 valence electrons. The summed E-state index contributed by atoms with van der Waals surface area (Å²) in [5.41, 5.74) is 7.15. The molecule has 2 aromatic heterocycles. The van der Waals surface area contributed by atoms with Gasteiger partial charge in [0.15, 0.2) is 0 Å². The molecule has 0 aliphatic heterocycles. The van der Waals surface area contributed by atoms with E-state index in [-0.39, 0.29) is 12.5 Å². The van der Waals surface area contributed by atoms with Crippen LogP contribution in [0.1, 0.15) is 27.7 Å². The van der Waals surface area contributed by atoms with Crippen LogP contribution in [0.2, 0.25) is 0 Å². The van der Waals surface area contributed by atoms with E-state index >= 15 is 0 Å². The van der Waals surface area contributed by atoms with Crippen molar-refractivity contribution in [1.82, 2.24) is 15.3 Å². The lowest BCUT2D eigenvalue weighted by molar-refractivity contribution is 0.0946. The molecule has 2 aromatic rings. The molecular weight excluding hydrogens is 232 g/mol. The second kappa shape index (κ2) is 4.87. The number of nitrogen functional groups attached to an aromatic ring is 1. The van der Waals surface area contributed by atoms with Crippen LogP contribution < -0.4 is 11.1 Å². The zero-order valence-corrected chi connectivity index (χ0v) is 10.2. The quantitative estimate of drug-likeness (QED) is 0.848. The lowest BCUT2D eigenvalue weighted by Crippen LogP contribution is -2.24. The van der Waals surface area contributed by atoms with Crippen molar-refractivity contribution < 1.29 is 9.21 Å². The summed E-state index contributed by atoms with van der Waals surface area (Å²) in [5, 5.41) is 2.71. The zero-order valence-electron chi connectivity index (χ0n) is 10.2. The summed E-state index contributed by atoms with van der Waals surface area (Å²) in [5.74, 6) is 0.930. The first-order valence-electron chi connectivity index (χ1n) is 5.48. The molecule has 2 rings (SSSR count). The first kappa shape index (κ1) is 12.1.